The van der Waals surface area contributed by atoms with E-state index in [2.05, 4.69) is 37.4 Å². The Labute approximate surface area is 183 Å². The Morgan fingerprint density at radius 2 is 1.77 bits per heavy atom. The lowest BCUT2D eigenvalue weighted by Gasteiger charge is -2.09. The highest BCUT2D eigenvalue weighted by Crippen LogP contribution is 2.19. The van der Waals surface area contributed by atoms with E-state index in [0.29, 0.717) is 6.61 Å². The third-order valence-corrected chi connectivity index (χ3v) is 5.18. The zero-order valence-electron chi connectivity index (χ0n) is 18.1. The van der Waals surface area contributed by atoms with Gasteiger partial charge >= 0.3 is 0 Å². The molecule has 3 rings (SSSR count). The first-order chi connectivity index (χ1) is 15.0. The summed E-state index contributed by atoms with van der Waals surface area (Å²) in [4.78, 5) is 12.6. The molecule has 0 unspecified atom stereocenters. The topological polar surface area (TPSA) is 62.1 Å². The van der Waals surface area contributed by atoms with Crippen LogP contribution in [0.5, 0.6) is 5.75 Å². The van der Waals surface area contributed by atoms with Crippen LogP contribution in [0.1, 0.15) is 34.7 Å². The molecule has 0 aliphatic rings. The minimum absolute atomic E-state index is 0.0507. The first-order valence-corrected chi connectivity index (χ1v) is 10.3. The minimum Gasteiger partial charge on any atom is -0.489 e. The first-order valence-electron chi connectivity index (χ1n) is 10.3. The highest BCUT2D eigenvalue weighted by Gasteiger charge is 2.11. The van der Waals surface area contributed by atoms with E-state index < -0.39 is 5.91 Å². The maximum Gasteiger partial charge on any atom is 0.266 e. The standard InChI is InChI=1S/C27H26N2O2/c1-4-23-7-5-6-8-26(23)29-27(30)24(17-28)16-21-11-13-25(14-12-21)31-18-22-10-9-19(2)20(3)15-22/h5-16H,4,18H2,1-3H3,(H,29,30)/b24-16+. The number of amides is 1. The fourth-order valence-corrected chi connectivity index (χ4v) is 3.18. The molecule has 1 N–H and O–H groups in total. The molecule has 0 fully saturated rings. The number of nitrogens with zero attached hydrogens (tertiary/aromatic N) is 1. The highest BCUT2D eigenvalue weighted by atomic mass is 16.5. The summed E-state index contributed by atoms with van der Waals surface area (Å²) in [5, 5.41) is 12.3. The van der Waals surface area contributed by atoms with Crippen molar-refractivity contribution in [2.45, 2.75) is 33.8 Å². The molecule has 4 nitrogen and oxygen atoms in total. The summed E-state index contributed by atoms with van der Waals surface area (Å²) < 4.78 is 5.86. The molecule has 0 bridgehead atoms. The molecule has 156 valence electrons. The Balaban J connectivity index is 1.66. The van der Waals surface area contributed by atoms with E-state index in [1.807, 2.05) is 61.5 Å². The van der Waals surface area contributed by atoms with Gasteiger partial charge in [-0.2, -0.15) is 5.26 Å². The molecule has 0 aliphatic carbocycles. The number of ether oxygens (including phenoxy) is 1. The summed E-state index contributed by atoms with van der Waals surface area (Å²) >= 11 is 0. The third kappa shape index (κ3) is 5.83. The van der Waals surface area contributed by atoms with Gasteiger partial charge < -0.3 is 10.1 Å². The number of para-hydroxylation sites is 1. The van der Waals surface area contributed by atoms with Crippen molar-refractivity contribution in [3.8, 4) is 11.8 Å². The van der Waals surface area contributed by atoms with Crippen LogP contribution < -0.4 is 10.1 Å². The predicted molar refractivity (Wildman–Crippen MR) is 125 cm³/mol. The van der Waals surface area contributed by atoms with Crippen LogP contribution in [0, 0.1) is 25.2 Å². The number of carbonyl (C=O) groups excluding carboxylic acids is 1. The molecule has 0 heterocycles. The minimum atomic E-state index is -0.418. The summed E-state index contributed by atoms with van der Waals surface area (Å²) in [5.41, 5.74) is 6.18. The zero-order chi connectivity index (χ0) is 22.2. The molecule has 4 heteroatoms. The van der Waals surface area contributed by atoms with Crippen LogP contribution >= 0.6 is 0 Å². The van der Waals surface area contributed by atoms with Crippen molar-refractivity contribution in [1.82, 2.24) is 0 Å². The number of aryl methyl sites for hydroxylation is 3. The lowest BCUT2D eigenvalue weighted by Crippen LogP contribution is -2.14. The van der Waals surface area contributed by atoms with Gasteiger partial charge in [-0.25, -0.2) is 0 Å². The molecule has 1 amide bonds. The van der Waals surface area contributed by atoms with E-state index in [0.717, 1.165) is 34.5 Å². The van der Waals surface area contributed by atoms with Crippen molar-refractivity contribution in [3.05, 3.63) is 100 Å². The van der Waals surface area contributed by atoms with Crippen LogP contribution in [0.4, 0.5) is 5.69 Å². The fraction of sp³-hybridized carbons (Fsp3) is 0.185. The SMILES string of the molecule is CCc1ccccc1NC(=O)/C(C#N)=C/c1ccc(OCc2ccc(C)c(C)c2)cc1. The number of nitriles is 1. The molecule has 0 aromatic heterocycles. The average Bonchev–Trinajstić information content (AvgIpc) is 2.79. The summed E-state index contributed by atoms with van der Waals surface area (Å²) in [5.74, 6) is 0.314. The molecule has 31 heavy (non-hydrogen) atoms. The van der Waals surface area contributed by atoms with Crippen molar-refractivity contribution < 1.29 is 9.53 Å². The van der Waals surface area contributed by atoms with E-state index in [1.54, 1.807) is 6.08 Å². The second-order valence-corrected chi connectivity index (χ2v) is 7.41. The Hall–Kier alpha value is -3.84. The molecular weight excluding hydrogens is 384 g/mol. The number of hydrogen-bond acceptors (Lipinski definition) is 3. The zero-order valence-corrected chi connectivity index (χ0v) is 18.1. The summed E-state index contributed by atoms with van der Waals surface area (Å²) in [6.07, 6.45) is 2.38. The summed E-state index contributed by atoms with van der Waals surface area (Å²) in [7, 11) is 0. The van der Waals surface area contributed by atoms with Gasteiger partial charge in [0.2, 0.25) is 0 Å². The number of benzene rings is 3. The van der Waals surface area contributed by atoms with Crippen LogP contribution in [0.15, 0.2) is 72.3 Å². The van der Waals surface area contributed by atoms with Crippen LogP contribution in [-0.4, -0.2) is 5.91 Å². The van der Waals surface area contributed by atoms with Crippen molar-refractivity contribution >= 4 is 17.7 Å². The Bertz CT molecular complexity index is 1140. The van der Waals surface area contributed by atoms with Gasteiger partial charge in [-0.1, -0.05) is 55.5 Å². The van der Waals surface area contributed by atoms with E-state index in [-0.39, 0.29) is 5.57 Å². The monoisotopic (exact) mass is 410 g/mol. The lowest BCUT2D eigenvalue weighted by atomic mass is 10.1. The van der Waals surface area contributed by atoms with E-state index in [1.165, 1.54) is 11.1 Å². The van der Waals surface area contributed by atoms with Gasteiger partial charge in [-0.3, -0.25) is 4.79 Å². The Morgan fingerprint density at radius 3 is 2.45 bits per heavy atom. The number of hydrogen-bond donors (Lipinski definition) is 1. The summed E-state index contributed by atoms with van der Waals surface area (Å²) in [6.45, 7) is 6.68. The molecule has 0 atom stereocenters. The quantitative estimate of drug-likeness (QED) is 0.384. The van der Waals surface area contributed by atoms with Crippen molar-refractivity contribution in [3.63, 3.8) is 0 Å². The van der Waals surface area contributed by atoms with Gasteiger partial charge in [0.05, 0.1) is 0 Å². The van der Waals surface area contributed by atoms with Gasteiger partial charge in [0.15, 0.2) is 0 Å². The Kier molecular flexibility index (Phi) is 7.24. The number of nitrogens with one attached hydrogen (secondary N) is 1. The van der Waals surface area contributed by atoms with Crippen LogP contribution in [0.2, 0.25) is 0 Å². The number of rotatable bonds is 7. The smallest absolute Gasteiger partial charge is 0.266 e. The van der Waals surface area contributed by atoms with Gasteiger partial charge in [0.25, 0.3) is 5.91 Å². The molecule has 3 aromatic carbocycles. The number of anilines is 1. The normalized spacial score (nSPS) is 11.0. The van der Waals surface area contributed by atoms with Gasteiger partial charge in [-0.15, -0.1) is 0 Å². The maximum absolute atomic E-state index is 12.6. The second kappa shape index (κ2) is 10.3. The maximum atomic E-state index is 12.6. The van der Waals surface area contributed by atoms with Crippen molar-refractivity contribution in [1.29, 1.82) is 5.26 Å². The molecule has 3 aromatic rings. The molecule has 0 aliphatic heterocycles. The van der Waals surface area contributed by atoms with Gasteiger partial charge in [0.1, 0.15) is 24.0 Å². The third-order valence-electron chi connectivity index (χ3n) is 5.18. The average molecular weight is 411 g/mol. The molecule has 0 spiro atoms. The van der Waals surface area contributed by atoms with Crippen molar-refractivity contribution in [2.75, 3.05) is 5.32 Å². The first kappa shape index (κ1) is 21.9. The van der Waals surface area contributed by atoms with Gasteiger partial charge in [0, 0.05) is 5.69 Å². The van der Waals surface area contributed by atoms with Crippen LogP contribution in [-0.2, 0) is 17.8 Å². The van der Waals surface area contributed by atoms with E-state index in [4.69, 9.17) is 4.74 Å². The molecule has 0 saturated carbocycles. The largest absolute Gasteiger partial charge is 0.489 e. The fourth-order valence-electron chi connectivity index (χ4n) is 3.18. The lowest BCUT2D eigenvalue weighted by molar-refractivity contribution is -0.112. The second-order valence-electron chi connectivity index (χ2n) is 7.41. The highest BCUT2D eigenvalue weighted by molar-refractivity contribution is 6.09. The van der Waals surface area contributed by atoms with Crippen LogP contribution in [0.25, 0.3) is 6.08 Å². The van der Waals surface area contributed by atoms with Crippen LogP contribution in [0.3, 0.4) is 0 Å². The summed E-state index contributed by atoms with van der Waals surface area (Å²) in [6, 6.07) is 23.2. The molecule has 0 radical (unpaired) electrons. The predicted octanol–water partition coefficient (Wildman–Crippen LogP) is 5.99. The molecular formula is C27H26N2O2. The van der Waals surface area contributed by atoms with E-state index in [9.17, 15) is 10.1 Å². The number of carbonyl (C=O) groups is 1. The van der Waals surface area contributed by atoms with Crippen molar-refractivity contribution in [2.24, 2.45) is 0 Å². The molecule has 0 saturated heterocycles. The van der Waals surface area contributed by atoms with E-state index >= 15 is 0 Å². The Morgan fingerprint density at radius 1 is 1.03 bits per heavy atom. The van der Waals surface area contributed by atoms with Gasteiger partial charge in [-0.05, 0) is 72.4 Å².